The first kappa shape index (κ1) is 25.4. The van der Waals surface area contributed by atoms with Crippen LogP contribution < -0.4 is 5.32 Å². The van der Waals surface area contributed by atoms with Gasteiger partial charge in [-0.1, -0.05) is 18.2 Å². The number of carbonyl (C=O) groups excluding carboxylic acids is 1. The molecule has 2 aliphatic rings. The summed E-state index contributed by atoms with van der Waals surface area (Å²) in [6, 6.07) is 3.95. The Labute approximate surface area is 195 Å². The number of halogens is 4. The summed E-state index contributed by atoms with van der Waals surface area (Å²) in [6.45, 7) is 3.02. The molecule has 1 N–H and O–H groups in total. The molecule has 33 heavy (non-hydrogen) atoms. The van der Waals surface area contributed by atoms with Crippen molar-refractivity contribution in [1.29, 1.82) is 0 Å². The molecule has 0 amide bonds. The first-order chi connectivity index (χ1) is 15.7. The van der Waals surface area contributed by atoms with Gasteiger partial charge in [0, 0.05) is 51.0 Å². The zero-order valence-corrected chi connectivity index (χ0v) is 19.5. The number of hydrogen-bond acceptors (Lipinski definition) is 7. The highest BCUT2D eigenvalue weighted by Crippen LogP contribution is 2.28. The average molecular weight is 486 g/mol. The summed E-state index contributed by atoms with van der Waals surface area (Å²) in [4.78, 5) is 23.0. The minimum atomic E-state index is -2.85. The van der Waals surface area contributed by atoms with Crippen LogP contribution in [0, 0.1) is 5.82 Å². The molecule has 7 nitrogen and oxygen atoms in total. The molecular weight excluding hydrogens is 459 g/mol. The second kappa shape index (κ2) is 10.8. The van der Waals surface area contributed by atoms with Crippen LogP contribution in [-0.2, 0) is 29.2 Å². The number of aromatic nitrogens is 2. The highest BCUT2D eigenvalue weighted by Gasteiger charge is 2.36. The zero-order valence-electron chi connectivity index (χ0n) is 18.7. The largest absolute Gasteiger partial charge is 0.369 e. The molecule has 0 saturated carbocycles. The standard InChI is InChI=1S/C15H14ClF3N4.C7H13NO2/c1-23-6-10-11(7-23)21-15(16)22-14(10)20-5-8-3-2-4-9(12(8)17)13(18)19;1-8-4-3-7(5-8,6-9)10-2/h2-4,13H,5-7H2,1H3,(H,20,21,22);6H,3-5H2,1-2H3. The van der Waals surface area contributed by atoms with Crippen molar-refractivity contribution in [3.63, 3.8) is 0 Å². The molecule has 11 heteroatoms. The number of alkyl halides is 2. The third kappa shape index (κ3) is 6.00. The Morgan fingerprint density at radius 3 is 2.61 bits per heavy atom. The predicted molar refractivity (Wildman–Crippen MR) is 119 cm³/mol. The van der Waals surface area contributed by atoms with E-state index < -0.39 is 23.4 Å². The molecule has 0 spiro atoms. The van der Waals surface area contributed by atoms with Crippen LogP contribution in [0.1, 0.15) is 35.2 Å². The maximum atomic E-state index is 14.1. The number of methoxy groups -OCH3 is 1. The fraction of sp³-hybridized carbons (Fsp3) is 0.500. The van der Waals surface area contributed by atoms with Gasteiger partial charge in [0.1, 0.15) is 17.2 Å². The third-order valence-corrected chi connectivity index (χ3v) is 5.95. The van der Waals surface area contributed by atoms with Crippen LogP contribution in [0.3, 0.4) is 0 Å². The van der Waals surface area contributed by atoms with Gasteiger partial charge in [-0.15, -0.1) is 0 Å². The monoisotopic (exact) mass is 485 g/mol. The lowest BCUT2D eigenvalue weighted by Crippen LogP contribution is -2.35. The van der Waals surface area contributed by atoms with E-state index in [0.717, 1.165) is 43.1 Å². The number of likely N-dealkylation sites (tertiary alicyclic amines) is 1. The van der Waals surface area contributed by atoms with Gasteiger partial charge in [0.25, 0.3) is 6.43 Å². The van der Waals surface area contributed by atoms with Gasteiger partial charge in [-0.3, -0.25) is 4.90 Å². The Hall–Kier alpha value is -2.27. The number of aldehydes is 1. The Bertz CT molecular complexity index is 997. The molecule has 2 aromatic rings. The number of likely N-dealkylation sites (N-methyl/N-ethyl adjacent to an activating group) is 1. The minimum absolute atomic E-state index is 0.0376. The molecule has 1 atom stereocenters. The number of nitrogens with one attached hydrogen (secondary N) is 1. The lowest BCUT2D eigenvalue weighted by Gasteiger charge is -2.19. The molecule has 4 rings (SSSR count). The number of nitrogens with zero attached hydrogens (tertiary/aromatic N) is 4. The van der Waals surface area contributed by atoms with Crippen molar-refractivity contribution in [2.24, 2.45) is 0 Å². The molecule has 0 bridgehead atoms. The van der Waals surface area contributed by atoms with Crippen molar-refractivity contribution >= 4 is 23.7 Å². The van der Waals surface area contributed by atoms with Crippen molar-refractivity contribution in [3.05, 3.63) is 51.7 Å². The van der Waals surface area contributed by atoms with Crippen LogP contribution in [0.5, 0.6) is 0 Å². The quantitative estimate of drug-likeness (QED) is 0.494. The molecule has 1 saturated heterocycles. The molecule has 0 radical (unpaired) electrons. The Morgan fingerprint density at radius 2 is 2.03 bits per heavy atom. The number of hydrogen-bond donors (Lipinski definition) is 1. The van der Waals surface area contributed by atoms with Gasteiger partial charge in [0.2, 0.25) is 5.28 Å². The summed E-state index contributed by atoms with van der Waals surface area (Å²) in [5.41, 5.74) is 0.751. The van der Waals surface area contributed by atoms with Crippen molar-refractivity contribution < 1.29 is 22.7 Å². The van der Waals surface area contributed by atoms with Crippen LogP contribution >= 0.6 is 11.6 Å². The van der Waals surface area contributed by atoms with Gasteiger partial charge in [-0.2, -0.15) is 0 Å². The summed E-state index contributed by atoms with van der Waals surface area (Å²) < 4.78 is 44.6. The molecule has 1 aromatic carbocycles. The van der Waals surface area contributed by atoms with E-state index in [0.29, 0.717) is 18.9 Å². The number of benzene rings is 1. The van der Waals surface area contributed by atoms with Gasteiger partial charge in [0.05, 0.1) is 11.3 Å². The van der Waals surface area contributed by atoms with Gasteiger partial charge < -0.3 is 19.7 Å². The number of fused-ring (bicyclic) bond motifs is 1. The van der Waals surface area contributed by atoms with E-state index in [9.17, 15) is 18.0 Å². The molecule has 2 aliphatic heterocycles. The van der Waals surface area contributed by atoms with E-state index in [-0.39, 0.29) is 17.4 Å². The van der Waals surface area contributed by atoms with Crippen molar-refractivity contribution in [3.8, 4) is 0 Å². The number of rotatable bonds is 6. The third-order valence-electron chi connectivity index (χ3n) is 5.78. The maximum absolute atomic E-state index is 14.1. The van der Waals surface area contributed by atoms with Crippen LogP contribution in [-0.4, -0.2) is 65.9 Å². The summed E-state index contributed by atoms with van der Waals surface area (Å²) in [5.74, 6) is -0.393. The zero-order chi connectivity index (χ0) is 24.2. The van der Waals surface area contributed by atoms with Crippen molar-refractivity contribution in [1.82, 2.24) is 19.8 Å². The van der Waals surface area contributed by atoms with Gasteiger partial charge in [-0.25, -0.2) is 23.1 Å². The molecular formula is C22H27ClF3N5O2. The number of ether oxygens (including phenoxy) is 1. The molecule has 0 aliphatic carbocycles. The second-order valence-electron chi connectivity index (χ2n) is 8.29. The van der Waals surface area contributed by atoms with Crippen molar-refractivity contribution in [2.75, 3.05) is 39.6 Å². The first-order valence-electron chi connectivity index (χ1n) is 10.4. The van der Waals surface area contributed by atoms with Crippen LogP contribution in [0.2, 0.25) is 5.28 Å². The van der Waals surface area contributed by atoms with E-state index in [1.165, 1.54) is 12.1 Å². The lowest BCUT2D eigenvalue weighted by atomic mass is 10.1. The number of anilines is 1. The average Bonchev–Trinajstić information content (AvgIpc) is 3.35. The summed E-state index contributed by atoms with van der Waals surface area (Å²) in [7, 11) is 5.52. The Kier molecular flexibility index (Phi) is 8.28. The van der Waals surface area contributed by atoms with Crippen LogP contribution in [0.4, 0.5) is 19.0 Å². The van der Waals surface area contributed by atoms with E-state index in [1.54, 1.807) is 7.11 Å². The minimum Gasteiger partial charge on any atom is -0.369 e. The summed E-state index contributed by atoms with van der Waals surface area (Å²) in [6.07, 6.45) is -1.11. The normalized spacial score (nSPS) is 20.5. The van der Waals surface area contributed by atoms with Gasteiger partial charge >= 0.3 is 0 Å². The molecule has 1 unspecified atom stereocenters. The molecule has 1 fully saturated rings. The topological polar surface area (TPSA) is 70.6 Å². The fourth-order valence-electron chi connectivity index (χ4n) is 3.91. The van der Waals surface area contributed by atoms with Crippen molar-refractivity contribution in [2.45, 2.75) is 38.1 Å². The van der Waals surface area contributed by atoms with Gasteiger partial charge in [-0.05, 0) is 32.1 Å². The maximum Gasteiger partial charge on any atom is 0.266 e. The number of carbonyl (C=O) groups is 1. The van der Waals surface area contributed by atoms with E-state index in [2.05, 4.69) is 20.2 Å². The van der Waals surface area contributed by atoms with E-state index in [1.807, 2.05) is 19.0 Å². The second-order valence-corrected chi connectivity index (χ2v) is 8.63. The Balaban J connectivity index is 0.000000257. The summed E-state index contributed by atoms with van der Waals surface area (Å²) >= 11 is 5.90. The van der Waals surface area contributed by atoms with Gasteiger partial charge in [0.15, 0.2) is 6.29 Å². The highest BCUT2D eigenvalue weighted by atomic mass is 35.5. The molecule has 3 heterocycles. The van der Waals surface area contributed by atoms with Crippen LogP contribution in [0.15, 0.2) is 18.2 Å². The van der Waals surface area contributed by atoms with Crippen LogP contribution in [0.25, 0.3) is 0 Å². The summed E-state index contributed by atoms with van der Waals surface area (Å²) in [5, 5.41) is 3.08. The van der Waals surface area contributed by atoms with E-state index >= 15 is 0 Å². The van der Waals surface area contributed by atoms with E-state index in [4.69, 9.17) is 16.3 Å². The SMILES string of the molecule is CN1Cc2nc(Cl)nc(NCc3cccc(C(F)F)c3F)c2C1.COC1(C=O)CCN(C)C1. The fourth-order valence-corrected chi connectivity index (χ4v) is 4.10. The predicted octanol–water partition coefficient (Wildman–Crippen LogP) is 3.67. The smallest absolute Gasteiger partial charge is 0.266 e. The first-order valence-corrected chi connectivity index (χ1v) is 10.8. The Morgan fingerprint density at radius 1 is 1.27 bits per heavy atom. The molecule has 180 valence electrons. The molecule has 1 aromatic heterocycles. The highest BCUT2D eigenvalue weighted by molar-refractivity contribution is 6.28. The lowest BCUT2D eigenvalue weighted by molar-refractivity contribution is -0.126.